The molecule has 0 bridgehead atoms. The van der Waals surface area contributed by atoms with Crippen molar-refractivity contribution in [2.24, 2.45) is 0 Å². The summed E-state index contributed by atoms with van der Waals surface area (Å²) in [5.41, 5.74) is 3.24. The van der Waals surface area contributed by atoms with Gasteiger partial charge in [0.05, 0.1) is 12.2 Å². The van der Waals surface area contributed by atoms with E-state index in [4.69, 9.17) is 9.47 Å². The monoisotopic (exact) mass is 403 g/mol. The lowest BCUT2D eigenvalue weighted by molar-refractivity contribution is -0.122. The van der Waals surface area contributed by atoms with Crippen molar-refractivity contribution < 1.29 is 19.1 Å². The van der Waals surface area contributed by atoms with E-state index in [2.05, 4.69) is 5.32 Å². The van der Waals surface area contributed by atoms with Crippen molar-refractivity contribution in [1.29, 1.82) is 0 Å². The number of carbonyl (C=O) groups excluding carboxylic acids is 2. The van der Waals surface area contributed by atoms with Gasteiger partial charge in [0.15, 0.2) is 6.10 Å². The topological polar surface area (TPSA) is 64.6 Å². The molecule has 0 aliphatic rings. The first-order valence-electron chi connectivity index (χ1n) is 9.97. The Balaban J connectivity index is 1.55. The summed E-state index contributed by atoms with van der Waals surface area (Å²) >= 11 is 0. The quantitative estimate of drug-likeness (QED) is 0.517. The SMILES string of the molecule is CCCOC(=O)c1ccc(NC(=O)C(C)Oc2ccc(-c3ccccc3)cc2)cc1. The van der Waals surface area contributed by atoms with E-state index in [-0.39, 0.29) is 11.9 Å². The van der Waals surface area contributed by atoms with Crippen molar-refractivity contribution in [1.82, 2.24) is 0 Å². The first-order chi connectivity index (χ1) is 14.6. The van der Waals surface area contributed by atoms with E-state index in [9.17, 15) is 9.59 Å². The highest BCUT2D eigenvalue weighted by Gasteiger charge is 2.15. The normalized spacial score (nSPS) is 11.4. The Morgan fingerprint density at radius 3 is 2.13 bits per heavy atom. The highest BCUT2D eigenvalue weighted by molar-refractivity contribution is 5.95. The zero-order valence-electron chi connectivity index (χ0n) is 17.1. The van der Waals surface area contributed by atoms with E-state index < -0.39 is 6.10 Å². The third-order valence-electron chi connectivity index (χ3n) is 4.47. The molecule has 0 heterocycles. The van der Waals surface area contributed by atoms with Crippen molar-refractivity contribution in [3.8, 4) is 16.9 Å². The van der Waals surface area contributed by atoms with Crippen LogP contribution in [0.15, 0.2) is 78.9 Å². The minimum atomic E-state index is -0.679. The molecular weight excluding hydrogens is 378 g/mol. The Morgan fingerprint density at radius 2 is 1.50 bits per heavy atom. The maximum atomic E-state index is 12.4. The van der Waals surface area contributed by atoms with Gasteiger partial charge in [0.2, 0.25) is 0 Å². The van der Waals surface area contributed by atoms with E-state index in [0.29, 0.717) is 23.6 Å². The van der Waals surface area contributed by atoms with Gasteiger partial charge < -0.3 is 14.8 Å². The molecule has 3 aromatic rings. The van der Waals surface area contributed by atoms with Crippen LogP contribution in [0.5, 0.6) is 5.75 Å². The molecule has 0 saturated carbocycles. The first kappa shape index (κ1) is 21.1. The number of anilines is 1. The Bertz CT molecular complexity index is 966. The van der Waals surface area contributed by atoms with Crippen LogP contribution in [-0.2, 0) is 9.53 Å². The molecule has 0 radical (unpaired) electrons. The fourth-order valence-corrected chi connectivity index (χ4v) is 2.83. The lowest BCUT2D eigenvalue weighted by Crippen LogP contribution is -2.30. The largest absolute Gasteiger partial charge is 0.481 e. The van der Waals surface area contributed by atoms with Crippen LogP contribution < -0.4 is 10.1 Å². The van der Waals surface area contributed by atoms with Crippen molar-refractivity contribution in [2.45, 2.75) is 26.4 Å². The van der Waals surface area contributed by atoms with Gasteiger partial charge in [-0.2, -0.15) is 0 Å². The molecule has 1 amide bonds. The highest BCUT2D eigenvalue weighted by atomic mass is 16.5. The average molecular weight is 403 g/mol. The molecule has 0 aliphatic heterocycles. The van der Waals surface area contributed by atoms with Gasteiger partial charge in [0, 0.05) is 5.69 Å². The summed E-state index contributed by atoms with van der Waals surface area (Å²) in [5.74, 6) is -0.0276. The van der Waals surface area contributed by atoms with E-state index in [1.54, 1.807) is 31.2 Å². The molecule has 3 aromatic carbocycles. The van der Waals surface area contributed by atoms with Crippen LogP contribution in [0.4, 0.5) is 5.69 Å². The summed E-state index contributed by atoms with van der Waals surface area (Å²) in [4.78, 5) is 24.3. The van der Waals surface area contributed by atoms with Gasteiger partial charge in [0.1, 0.15) is 5.75 Å². The predicted molar refractivity (Wildman–Crippen MR) is 118 cm³/mol. The fraction of sp³-hybridized carbons (Fsp3) is 0.200. The molecule has 1 N–H and O–H groups in total. The summed E-state index contributed by atoms with van der Waals surface area (Å²) in [5, 5.41) is 2.79. The summed E-state index contributed by atoms with van der Waals surface area (Å²) in [6.07, 6.45) is 0.0917. The Morgan fingerprint density at radius 1 is 0.867 bits per heavy atom. The van der Waals surface area contributed by atoms with Crippen molar-refractivity contribution in [2.75, 3.05) is 11.9 Å². The lowest BCUT2D eigenvalue weighted by atomic mass is 10.1. The molecular formula is C25H25NO4. The van der Waals surface area contributed by atoms with Crippen molar-refractivity contribution >= 4 is 17.6 Å². The van der Waals surface area contributed by atoms with Gasteiger partial charge >= 0.3 is 5.97 Å². The Labute approximate surface area is 176 Å². The van der Waals surface area contributed by atoms with Crippen LogP contribution in [-0.4, -0.2) is 24.6 Å². The molecule has 1 unspecified atom stereocenters. The van der Waals surface area contributed by atoms with E-state index in [1.807, 2.05) is 61.5 Å². The number of nitrogens with one attached hydrogen (secondary N) is 1. The summed E-state index contributed by atoms with van der Waals surface area (Å²) < 4.78 is 10.9. The van der Waals surface area contributed by atoms with Crippen LogP contribution in [0.25, 0.3) is 11.1 Å². The van der Waals surface area contributed by atoms with Crippen LogP contribution in [0.1, 0.15) is 30.6 Å². The number of hydrogen-bond donors (Lipinski definition) is 1. The van der Waals surface area contributed by atoms with Gasteiger partial charge in [-0.3, -0.25) is 4.79 Å². The number of esters is 1. The summed E-state index contributed by atoms with van der Waals surface area (Å²) in [7, 11) is 0. The van der Waals surface area contributed by atoms with E-state index in [0.717, 1.165) is 17.5 Å². The highest BCUT2D eigenvalue weighted by Crippen LogP contribution is 2.23. The minimum Gasteiger partial charge on any atom is -0.481 e. The number of hydrogen-bond acceptors (Lipinski definition) is 4. The summed E-state index contributed by atoms with van der Waals surface area (Å²) in [6, 6.07) is 24.3. The number of rotatable bonds is 8. The molecule has 3 rings (SSSR count). The molecule has 154 valence electrons. The Kier molecular flexibility index (Phi) is 7.22. The van der Waals surface area contributed by atoms with Crippen LogP contribution in [0.3, 0.4) is 0 Å². The molecule has 0 fully saturated rings. The second kappa shape index (κ2) is 10.3. The van der Waals surface area contributed by atoms with Gasteiger partial charge in [-0.05, 0) is 60.9 Å². The van der Waals surface area contributed by atoms with Gasteiger partial charge in [-0.25, -0.2) is 4.79 Å². The standard InChI is InChI=1S/C25H25NO4/c1-3-17-29-25(28)21-9-13-22(14-10-21)26-24(27)18(2)30-23-15-11-20(12-16-23)19-7-5-4-6-8-19/h4-16,18H,3,17H2,1-2H3,(H,26,27). The number of benzene rings is 3. The minimum absolute atomic E-state index is 0.275. The second-order valence-electron chi connectivity index (χ2n) is 6.85. The first-order valence-corrected chi connectivity index (χ1v) is 9.97. The summed E-state index contributed by atoms with van der Waals surface area (Å²) in [6.45, 7) is 4.02. The number of carbonyl (C=O) groups is 2. The van der Waals surface area contributed by atoms with Gasteiger partial charge in [-0.1, -0.05) is 49.4 Å². The average Bonchev–Trinajstić information content (AvgIpc) is 2.79. The molecule has 0 saturated heterocycles. The molecule has 5 nitrogen and oxygen atoms in total. The molecule has 5 heteroatoms. The Hall–Kier alpha value is -3.60. The van der Waals surface area contributed by atoms with Gasteiger partial charge in [0.25, 0.3) is 5.91 Å². The third-order valence-corrected chi connectivity index (χ3v) is 4.47. The number of amides is 1. The van der Waals surface area contributed by atoms with Crippen LogP contribution in [0, 0.1) is 0 Å². The van der Waals surface area contributed by atoms with Crippen molar-refractivity contribution in [3.05, 3.63) is 84.4 Å². The molecule has 0 aliphatic carbocycles. The molecule has 0 aromatic heterocycles. The smallest absolute Gasteiger partial charge is 0.338 e. The molecule has 0 spiro atoms. The fourth-order valence-electron chi connectivity index (χ4n) is 2.83. The predicted octanol–water partition coefficient (Wildman–Crippen LogP) is 5.33. The molecule has 30 heavy (non-hydrogen) atoms. The zero-order chi connectivity index (χ0) is 21.3. The van der Waals surface area contributed by atoms with E-state index in [1.165, 1.54) is 0 Å². The van der Waals surface area contributed by atoms with Crippen LogP contribution >= 0.6 is 0 Å². The van der Waals surface area contributed by atoms with E-state index >= 15 is 0 Å². The zero-order valence-corrected chi connectivity index (χ0v) is 17.1. The molecule has 1 atom stereocenters. The van der Waals surface area contributed by atoms with Crippen molar-refractivity contribution in [3.63, 3.8) is 0 Å². The third kappa shape index (κ3) is 5.70. The number of ether oxygens (including phenoxy) is 2. The van der Waals surface area contributed by atoms with Crippen LogP contribution in [0.2, 0.25) is 0 Å². The lowest BCUT2D eigenvalue weighted by Gasteiger charge is -2.15. The van der Waals surface area contributed by atoms with Gasteiger partial charge in [-0.15, -0.1) is 0 Å². The maximum absolute atomic E-state index is 12.4. The maximum Gasteiger partial charge on any atom is 0.338 e. The second-order valence-corrected chi connectivity index (χ2v) is 6.85.